The Morgan fingerprint density at radius 1 is 1.17 bits per heavy atom. The van der Waals surface area contributed by atoms with Crippen molar-refractivity contribution >= 4 is 17.3 Å². The molecule has 0 aliphatic rings. The Kier molecular flexibility index (Phi) is 6.73. The van der Waals surface area contributed by atoms with Gasteiger partial charge in [0.25, 0.3) is 0 Å². The SMILES string of the molecule is COC(=O)C(N)Cc1ccc(Oc2ccc(Cc3cncs3)cc2)c(C(F)(F)F)c1. The molecule has 0 radical (unpaired) electrons. The average molecular weight is 436 g/mol. The van der Waals surface area contributed by atoms with E-state index in [1.54, 1.807) is 36.0 Å². The smallest absolute Gasteiger partial charge is 0.419 e. The third-order valence-electron chi connectivity index (χ3n) is 4.32. The molecule has 3 rings (SSSR count). The molecule has 0 aliphatic carbocycles. The van der Waals surface area contributed by atoms with Crippen molar-refractivity contribution in [1.29, 1.82) is 0 Å². The van der Waals surface area contributed by atoms with Crippen molar-refractivity contribution in [3.8, 4) is 11.5 Å². The molecule has 158 valence electrons. The topological polar surface area (TPSA) is 74.4 Å². The summed E-state index contributed by atoms with van der Waals surface area (Å²) in [6, 6.07) is 9.41. The Hall–Kier alpha value is -2.91. The number of rotatable bonds is 7. The molecule has 3 aromatic rings. The van der Waals surface area contributed by atoms with Gasteiger partial charge in [-0.15, -0.1) is 11.3 Å². The van der Waals surface area contributed by atoms with E-state index < -0.39 is 23.8 Å². The summed E-state index contributed by atoms with van der Waals surface area (Å²) in [5, 5.41) is 0. The summed E-state index contributed by atoms with van der Waals surface area (Å²) >= 11 is 1.53. The van der Waals surface area contributed by atoms with Crippen LogP contribution in [0.15, 0.2) is 54.2 Å². The highest BCUT2D eigenvalue weighted by molar-refractivity contribution is 7.09. The van der Waals surface area contributed by atoms with Gasteiger partial charge in [0.1, 0.15) is 17.5 Å². The number of aromatic nitrogens is 1. The molecule has 1 atom stereocenters. The van der Waals surface area contributed by atoms with Crippen LogP contribution in [0.5, 0.6) is 11.5 Å². The van der Waals surface area contributed by atoms with Crippen LogP contribution >= 0.6 is 11.3 Å². The maximum Gasteiger partial charge on any atom is 0.419 e. The number of carbonyl (C=O) groups is 1. The minimum absolute atomic E-state index is 0.0810. The number of ether oxygens (including phenoxy) is 2. The Morgan fingerprint density at radius 2 is 1.87 bits per heavy atom. The standard InChI is InChI=1S/C21H19F3N2O3S/c1-28-20(27)18(25)10-14-4-7-19(17(9-14)21(22,23)24)29-15-5-2-13(3-6-15)8-16-11-26-12-30-16/h2-7,9,11-12,18H,8,10,25H2,1H3. The minimum atomic E-state index is -4.63. The molecule has 1 aromatic heterocycles. The van der Waals surface area contributed by atoms with Crippen LogP contribution in [-0.4, -0.2) is 24.1 Å². The lowest BCUT2D eigenvalue weighted by molar-refractivity contribution is -0.142. The monoisotopic (exact) mass is 436 g/mol. The normalized spacial score (nSPS) is 12.4. The summed E-state index contributed by atoms with van der Waals surface area (Å²) in [4.78, 5) is 16.5. The summed E-state index contributed by atoms with van der Waals surface area (Å²) < 4.78 is 50.7. The Bertz CT molecular complexity index is 990. The number of alkyl halides is 3. The number of thiazole rings is 1. The molecular weight excluding hydrogens is 417 g/mol. The Labute approximate surface area is 175 Å². The number of halogens is 3. The molecule has 2 aromatic carbocycles. The van der Waals surface area contributed by atoms with Crippen LogP contribution < -0.4 is 10.5 Å². The number of benzene rings is 2. The molecular formula is C21H19F3N2O3S. The van der Waals surface area contributed by atoms with Crippen molar-refractivity contribution in [3.63, 3.8) is 0 Å². The van der Waals surface area contributed by atoms with Crippen LogP contribution in [-0.2, 0) is 28.5 Å². The summed E-state index contributed by atoms with van der Waals surface area (Å²) in [5.74, 6) is -0.733. The van der Waals surface area contributed by atoms with E-state index in [4.69, 9.17) is 10.5 Å². The Balaban J connectivity index is 1.78. The fourth-order valence-corrected chi connectivity index (χ4v) is 3.47. The highest BCUT2D eigenvalue weighted by Crippen LogP contribution is 2.39. The molecule has 0 saturated heterocycles. The molecule has 0 bridgehead atoms. The van der Waals surface area contributed by atoms with Crippen molar-refractivity contribution in [2.24, 2.45) is 5.73 Å². The van der Waals surface area contributed by atoms with E-state index >= 15 is 0 Å². The van der Waals surface area contributed by atoms with Crippen LogP contribution in [0.2, 0.25) is 0 Å². The highest BCUT2D eigenvalue weighted by atomic mass is 32.1. The van der Waals surface area contributed by atoms with Crippen molar-refractivity contribution < 1.29 is 27.4 Å². The zero-order valence-electron chi connectivity index (χ0n) is 16.0. The fourth-order valence-electron chi connectivity index (χ4n) is 2.84. The van der Waals surface area contributed by atoms with Crippen LogP contribution in [0.3, 0.4) is 0 Å². The number of hydrogen-bond acceptors (Lipinski definition) is 6. The van der Waals surface area contributed by atoms with Gasteiger partial charge in [-0.3, -0.25) is 9.78 Å². The van der Waals surface area contributed by atoms with E-state index in [9.17, 15) is 18.0 Å². The quantitative estimate of drug-likeness (QED) is 0.549. The van der Waals surface area contributed by atoms with Gasteiger partial charge in [-0.2, -0.15) is 13.2 Å². The molecule has 0 spiro atoms. The molecule has 9 heteroatoms. The van der Waals surface area contributed by atoms with Gasteiger partial charge in [0.05, 0.1) is 18.2 Å². The van der Waals surface area contributed by atoms with E-state index in [1.807, 2.05) is 0 Å². The van der Waals surface area contributed by atoms with Crippen molar-refractivity contribution in [1.82, 2.24) is 4.98 Å². The molecule has 5 nitrogen and oxygen atoms in total. The van der Waals surface area contributed by atoms with Crippen LogP contribution in [0.1, 0.15) is 21.6 Å². The summed E-state index contributed by atoms with van der Waals surface area (Å²) in [5.41, 5.74) is 7.71. The predicted octanol–water partition coefficient (Wildman–Crippen LogP) is 4.59. The molecule has 0 aliphatic heterocycles. The van der Waals surface area contributed by atoms with Crippen molar-refractivity contribution in [2.75, 3.05) is 7.11 Å². The zero-order valence-corrected chi connectivity index (χ0v) is 16.8. The maximum absolute atomic E-state index is 13.6. The van der Waals surface area contributed by atoms with Crippen molar-refractivity contribution in [3.05, 3.63) is 75.7 Å². The average Bonchev–Trinajstić information content (AvgIpc) is 3.22. The second kappa shape index (κ2) is 9.27. The number of nitrogens with two attached hydrogens (primary N) is 1. The summed E-state index contributed by atoms with van der Waals surface area (Å²) in [6.45, 7) is 0. The molecule has 1 unspecified atom stereocenters. The van der Waals surface area contributed by atoms with E-state index in [2.05, 4.69) is 9.72 Å². The van der Waals surface area contributed by atoms with Gasteiger partial charge < -0.3 is 15.2 Å². The van der Waals surface area contributed by atoms with Gasteiger partial charge in [0.2, 0.25) is 0 Å². The van der Waals surface area contributed by atoms with E-state index in [0.717, 1.165) is 16.5 Å². The lowest BCUT2D eigenvalue weighted by Gasteiger charge is -2.16. The van der Waals surface area contributed by atoms with Crippen LogP contribution in [0, 0.1) is 0 Å². The van der Waals surface area contributed by atoms with Gasteiger partial charge in [0.15, 0.2) is 0 Å². The number of esters is 1. The van der Waals surface area contributed by atoms with Gasteiger partial charge in [-0.1, -0.05) is 18.2 Å². The van der Waals surface area contributed by atoms with Gasteiger partial charge in [-0.25, -0.2) is 0 Å². The number of carbonyl (C=O) groups excluding carboxylic acids is 1. The second-order valence-electron chi connectivity index (χ2n) is 6.55. The first-order chi connectivity index (χ1) is 14.3. The van der Waals surface area contributed by atoms with Gasteiger partial charge in [0, 0.05) is 17.5 Å². The number of hydrogen-bond donors (Lipinski definition) is 1. The molecule has 0 amide bonds. The van der Waals surface area contributed by atoms with Gasteiger partial charge >= 0.3 is 12.1 Å². The molecule has 2 N–H and O–H groups in total. The number of nitrogens with zero attached hydrogens (tertiary/aromatic N) is 1. The van der Waals surface area contributed by atoms with Crippen LogP contribution in [0.25, 0.3) is 0 Å². The van der Waals surface area contributed by atoms with E-state index in [-0.39, 0.29) is 23.5 Å². The zero-order chi connectivity index (χ0) is 21.7. The first-order valence-corrected chi connectivity index (χ1v) is 9.82. The van der Waals surface area contributed by atoms with E-state index in [1.165, 1.54) is 30.6 Å². The summed E-state index contributed by atoms with van der Waals surface area (Å²) in [7, 11) is 1.17. The lowest BCUT2D eigenvalue weighted by Crippen LogP contribution is -2.33. The van der Waals surface area contributed by atoms with Crippen LogP contribution in [0.4, 0.5) is 13.2 Å². The molecule has 0 fully saturated rings. The maximum atomic E-state index is 13.6. The third-order valence-corrected chi connectivity index (χ3v) is 5.10. The first kappa shape index (κ1) is 21.8. The van der Waals surface area contributed by atoms with Crippen molar-refractivity contribution in [2.45, 2.75) is 25.1 Å². The minimum Gasteiger partial charge on any atom is -0.468 e. The first-order valence-electron chi connectivity index (χ1n) is 8.94. The second-order valence-corrected chi connectivity index (χ2v) is 7.52. The fraction of sp³-hybridized carbons (Fsp3) is 0.238. The number of methoxy groups -OCH3 is 1. The summed E-state index contributed by atoms with van der Waals surface area (Å²) in [6.07, 6.45) is -2.25. The predicted molar refractivity (Wildman–Crippen MR) is 107 cm³/mol. The largest absolute Gasteiger partial charge is 0.468 e. The highest BCUT2D eigenvalue weighted by Gasteiger charge is 2.35. The Morgan fingerprint density at radius 3 is 2.47 bits per heavy atom. The van der Waals surface area contributed by atoms with E-state index in [0.29, 0.717) is 6.42 Å². The van der Waals surface area contributed by atoms with Gasteiger partial charge in [-0.05, 0) is 41.8 Å². The molecule has 30 heavy (non-hydrogen) atoms. The molecule has 1 heterocycles. The molecule has 0 saturated carbocycles. The third kappa shape index (κ3) is 5.58. The lowest BCUT2D eigenvalue weighted by atomic mass is 10.0.